The summed E-state index contributed by atoms with van der Waals surface area (Å²) in [5, 5.41) is 7.81. The maximum Gasteiger partial charge on any atom is 0.249 e. The number of para-hydroxylation sites is 1. The van der Waals surface area contributed by atoms with Crippen LogP contribution < -0.4 is 4.31 Å². The van der Waals surface area contributed by atoms with E-state index in [2.05, 4.69) is 0 Å². The molecule has 0 heterocycles. The average molecular weight is 277 g/mol. The minimum atomic E-state index is -3.80. The highest BCUT2D eigenvalue weighted by Crippen LogP contribution is 2.22. The smallest absolute Gasteiger partial charge is 0.249 e. The average Bonchev–Trinajstić information content (AvgIpc) is 2.31. The molecule has 92 valence electrons. The summed E-state index contributed by atoms with van der Waals surface area (Å²) in [6.45, 7) is -0.119. The molecule has 0 amide bonds. The van der Waals surface area contributed by atoms with Crippen molar-refractivity contribution in [2.45, 2.75) is 6.42 Å². The fourth-order valence-corrected chi connectivity index (χ4v) is 2.56. The van der Waals surface area contributed by atoms with Crippen LogP contribution in [0.15, 0.2) is 24.3 Å². The standard InChI is InChI=1S/C10H10ClFN2O2S/c11-8-17(15,16)14(7-3-6-13)10-5-2-1-4-9(10)12/h1-2,4-5H,3,7-8H2. The lowest BCUT2D eigenvalue weighted by Crippen LogP contribution is -2.33. The molecule has 0 aliphatic rings. The summed E-state index contributed by atoms with van der Waals surface area (Å²) in [6.07, 6.45) is -0.0372. The number of sulfonamides is 1. The first-order valence-electron chi connectivity index (χ1n) is 4.71. The predicted octanol–water partition coefficient (Wildman–Crippen LogP) is 2.07. The number of hydrogen-bond donors (Lipinski definition) is 0. The van der Waals surface area contributed by atoms with E-state index in [1.54, 1.807) is 0 Å². The Kier molecular flexibility index (Phi) is 4.73. The first-order chi connectivity index (χ1) is 8.03. The van der Waals surface area contributed by atoms with Crippen molar-refractivity contribution in [1.82, 2.24) is 0 Å². The molecule has 17 heavy (non-hydrogen) atoms. The van der Waals surface area contributed by atoms with Crippen molar-refractivity contribution in [2.24, 2.45) is 0 Å². The SMILES string of the molecule is N#CCCN(c1ccccc1F)S(=O)(=O)CCl. The monoisotopic (exact) mass is 276 g/mol. The second-order valence-electron chi connectivity index (χ2n) is 3.15. The Morgan fingerprint density at radius 1 is 1.41 bits per heavy atom. The van der Waals surface area contributed by atoms with E-state index in [4.69, 9.17) is 16.9 Å². The molecule has 1 aromatic rings. The molecule has 0 unspecified atom stereocenters. The minimum Gasteiger partial charge on any atom is -0.265 e. The highest BCUT2D eigenvalue weighted by Gasteiger charge is 2.23. The summed E-state index contributed by atoms with van der Waals surface area (Å²) >= 11 is 5.33. The van der Waals surface area contributed by atoms with Crippen molar-refractivity contribution in [2.75, 3.05) is 16.1 Å². The van der Waals surface area contributed by atoms with Crippen LogP contribution in [0.25, 0.3) is 0 Å². The van der Waals surface area contributed by atoms with Gasteiger partial charge in [0.2, 0.25) is 10.0 Å². The summed E-state index contributed by atoms with van der Waals surface area (Å²) in [5.74, 6) is -0.667. The Bertz CT molecular complexity index is 527. The van der Waals surface area contributed by atoms with E-state index >= 15 is 0 Å². The molecule has 0 N–H and O–H groups in total. The number of alkyl halides is 1. The number of benzene rings is 1. The summed E-state index contributed by atoms with van der Waals surface area (Å²) < 4.78 is 37.7. The molecular formula is C10H10ClFN2O2S. The van der Waals surface area contributed by atoms with E-state index in [1.807, 2.05) is 6.07 Å². The summed E-state index contributed by atoms with van der Waals surface area (Å²) in [5.41, 5.74) is -0.0941. The third-order valence-corrected chi connectivity index (χ3v) is 4.18. The van der Waals surface area contributed by atoms with Gasteiger partial charge >= 0.3 is 0 Å². The van der Waals surface area contributed by atoms with Gasteiger partial charge in [0, 0.05) is 6.54 Å². The number of nitrogens with zero attached hydrogens (tertiary/aromatic N) is 2. The molecule has 0 saturated heterocycles. The van der Waals surface area contributed by atoms with Gasteiger partial charge in [-0.15, -0.1) is 11.6 Å². The first kappa shape index (κ1) is 13.7. The highest BCUT2D eigenvalue weighted by molar-refractivity contribution is 7.93. The lowest BCUT2D eigenvalue weighted by atomic mass is 10.3. The summed E-state index contributed by atoms with van der Waals surface area (Å²) in [7, 11) is -3.80. The largest absolute Gasteiger partial charge is 0.265 e. The van der Waals surface area contributed by atoms with Crippen molar-refractivity contribution in [3.8, 4) is 6.07 Å². The van der Waals surface area contributed by atoms with E-state index < -0.39 is 21.1 Å². The van der Waals surface area contributed by atoms with E-state index in [0.717, 1.165) is 10.4 Å². The molecule has 7 heteroatoms. The van der Waals surface area contributed by atoms with Gasteiger partial charge in [-0.1, -0.05) is 12.1 Å². The van der Waals surface area contributed by atoms with Crippen LogP contribution in [0, 0.1) is 17.1 Å². The minimum absolute atomic E-state index is 0.0372. The van der Waals surface area contributed by atoms with Gasteiger partial charge in [0.25, 0.3) is 0 Å². The van der Waals surface area contributed by atoms with Gasteiger partial charge in [-0.25, -0.2) is 12.8 Å². The highest BCUT2D eigenvalue weighted by atomic mass is 35.5. The lowest BCUT2D eigenvalue weighted by Gasteiger charge is -2.22. The topological polar surface area (TPSA) is 61.2 Å². The third kappa shape index (κ3) is 3.32. The van der Waals surface area contributed by atoms with Crippen molar-refractivity contribution in [3.05, 3.63) is 30.1 Å². The van der Waals surface area contributed by atoms with Crippen molar-refractivity contribution >= 4 is 27.3 Å². The molecule has 0 aliphatic heterocycles. The van der Waals surface area contributed by atoms with Gasteiger partial charge < -0.3 is 0 Å². The predicted molar refractivity (Wildman–Crippen MR) is 63.6 cm³/mol. The van der Waals surface area contributed by atoms with Crippen LogP contribution in [0.4, 0.5) is 10.1 Å². The fraction of sp³-hybridized carbons (Fsp3) is 0.300. The number of hydrogen-bond acceptors (Lipinski definition) is 3. The molecule has 1 aromatic carbocycles. The number of rotatable bonds is 5. The van der Waals surface area contributed by atoms with Crippen LogP contribution in [0.5, 0.6) is 0 Å². The zero-order chi connectivity index (χ0) is 12.9. The molecule has 0 aromatic heterocycles. The molecular weight excluding hydrogens is 267 g/mol. The van der Waals surface area contributed by atoms with E-state index in [9.17, 15) is 12.8 Å². The maximum absolute atomic E-state index is 13.5. The Morgan fingerprint density at radius 2 is 2.06 bits per heavy atom. The zero-order valence-electron chi connectivity index (χ0n) is 8.81. The van der Waals surface area contributed by atoms with Crippen LogP contribution in [0.1, 0.15) is 6.42 Å². The first-order valence-corrected chi connectivity index (χ1v) is 6.85. The molecule has 0 radical (unpaired) electrons. The Balaban J connectivity index is 3.17. The van der Waals surface area contributed by atoms with Gasteiger partial charge in [0.15, 0.2) is 0 Å². The van der Waals surface area contributed by atoms with Crippen LogP contribution in [-0.4, -0.2) is 20.2 Å². The molecule has 0 spiro atoms. The van der Waals surface area contributed by atoms with Gasteiger partial charge in [0.05, 0.1) is 18.2 Å². The number of anilines is 1. The Labute approximate surface area is 104 Å². The molecule has 0 bridgehead atoms. The molecule has 0 saturated carbocycles. The van der Waals surface area contributed by atoms with Crippen molar-refractivity contribution in [1.29, 1.82) is 5.26 Å². The van der Waals surface area contributed by atoms with Crippen LogP contribution in [-0.2, 0) is 10.0 Å². The van der Waals surface area contributed by atoms with Crippen molar-refractivity contribution < 1.29 is 12.8 Å². The Morgan fingerprint density at radius 3 is 2.59 bits per heavy atom. The third-order valence-electron chi connectivity index (χ3n) is 2.02. The van der Waals surface area contributed by atoms with E-state index in [0.29, 0.717) is 0 Å². The van der Waals surface area contributed by atoms with Gasteiger partial charge in [-0.3, -0.25) is 4.31 Å². The maximum atomic E-state index is 13.5. The molecule has 0 atom stereocenters. The summed E-state index contributed by atoms with van der Waals surface area (Å²) in [6, 6.07) is 7.26. The molecule has 1 rings (SSSR count). The van der Waals surface area contributed by atoms with Gasteiger partial charge in [-0.05, 0) is 12.1 Å². The van der Waals surface area contributed by atoms with Crippen LogP contribution >= 0.6 is 11.6 Å². The molecule has 0 aliphatic carbocycles. The molecule has 0 fully saturated rings. The number of halogens is 2. The fourth-order valence-electron chi connectivity index (χ4n) is 1.27. The Hall–Kier alpha value is -1.32. The normalized spacial score (nSPS) is 10.9. The molecule has 4 nitrogen and oxygen atoms in total. The van der Waals surface area contributed by atoms with Gasteiger partial charge in [0.1, 0.15) is 11.0 Å². The van der Waals surface area contributed by atoms with E-state index in [1.165, 1.54) is 18.2 Å². The van der Waals surface area contributed by atoms with Crippen LogP contribution in [0.2, 0.25) is 0 Å². The van der Waals surface area contributed by atoms with Crippen LogP contribution in [0.3, 0.4) is 0 Å². The van der Waals surface area contributed by atoms with Crippen molar-refractivity contribution in [3.63, 3.8) is 0 Å². The quantitative estimate of drug-likeness (QED) is 0.774. The zero-order valence-corrected chi connectivity index (χ0v) is 10.4. The van der Waals surface area contributed by atoms with Gasteiger partial charge in [-0.2, -0.15) is 5.26 Å². The lowest BCUT2D eigenvalue weighted by molar-refractivity contribution is 0.589. The summed E-state index contributed by atoms with van der Waals surface area (Å²) in [4.78, 5) is 0. The number of nitriles is 1. The van der Waals surface area contributed by atoms with E-state index in [-0.39, 0.29) is 18.7 Å². The second kappa shape index (κ2) is 5.84. The second-order valence-corrected chi connectivity index (χ2v) is 5.63.